The Labute approximate surface area is 181 Å². The largest absolute Gasteiger partial charge is 0.466 e. The Morgan fingerprint density at radius 3 is 2.10 bits per heavy atom. The van der Waals surface area contributed by atoms with Crippen LogP contribution in [0.5, 0.6) is 0 Å². The van der Waals surface area contributed by atoms with Crippen LogP contribution in [0.4, 0.5) is 0 Å². The number of carbonyl (C=O) groups excluding carboxylic acids is 3. The molecule has 170 valence electrons. The number of rotatable bonds is 7. The van der Waals surface area contributed by atoms with E-state index in [-0.39, 0.29) is 30.8 Å². The van der Waals surface area contributed by atoms with Crippen molar-refractivity contribution in [2.75, 3.05) is 45.9 Å². The molecule has 1 atom stereocenters. The first-order valence-electron chi connectivity index (χ1n) is 12.0. The maximum absolute atomic E-state index is 13.5. The van der Waals surface area contributed by atoms with Gasteiger partial charge in [-0.3, -0.25) is 19.3 Å². The smallest absolute Gasteiger partial charge is 0.306 e. The van der Waals surface area contributed by atoms with E-state index < -0.39 is 0 Å². The third kappa shape index (κ3) is 5.96. The van der Waals surface area contributed by atoms with Crippen LogP contribution in [-0.4, -0.2) is 84.4 Å². The normalized spacial score (nSPS) is 22.9. The van der Waals surface area contributed by atoms with Gasteiger partial charge >= 0.3 is 5.97 Å². The average molecular weight is 422 g/mol. The first kappa shape index (κ1) is 23.0. The summed E-state index contributed by atoms with van der Waals surface area (Å²) < 4.78 is 4.92. The highest BCUT2D eigenvalue weighted by molar-refractivity contribution is 5.83. The zero-order valence-electron chi connectivity index (χ0n) is 18.8. The van der Waals surface area contributed by atoms with Gasteiger partial charge in [-0.15, -0.1) is 0 Å². The van der Waals surface area contributed by atoms with Gasteiger partial charge in [0.15, 0.2) is 0 Å². The van der Waals surface area contributed by atoms with Crippen molar-refractivity contribution in [1.82, 2.24) is 14.7 Å². The second-order valence-corrected chi connectivity index (χ2v) is 9.22. The van der Waals surface area contributed by atoms with Gasteiger partial charge in [0.25, 0.3) is 0 Å². The number of esters is 1. The third-order valence-electron chi connectivity index (χ3n) is 7.10. The number of hydrogen-bond acceptors (Lipinski definition) is 5. The minimum atomic E-state index is -0.313. The number of piperazine rings is 1. The first-order valence-corrected chi connectivity index (χ1v) is 12.0. The van der Waals surface area contributed by atoms with E-state index in [1.807, 2.05) is 4.90 Å². The van der Waals surface area contributed by atoms with Crippen molar-refractivity contribution in [2.45, 2.75) is 71.3 Å². The molecule has 30 heavy (non-hydrogen) atoms. The summed E-state index contributed by atoms with van der Waals surface area (Å²) in [6, 6.07) is -0.0299. The zero-order valence-corrected chi connectivity index (χ0v) is 18.8. The second-order valence-electron chi connectivity index (χ2n) is 9.22. The molecule has 0 aromatic rings. The summed E-state index contributed by atoms with van der Waals surface area (Å²) in [5.74, 6) is 1.17. The lowest BCUT2D eigenvalue weighted by molar-refractivity contribution is -0.147. The van der Waals surface area contributed by atoms with Crippen molar-refractivity contribution in [3.63, 3.8) is 0 Å². The summed E-state index contributed by atoms with van der Waals surface area (Å²) in [6.07, 6.45) is 7.27. The Balaban J connectivity index is 1.55. The van der Waals surface area contributed by atoms with Crippen LogP contribution in [0, 0.1) is 11.8 Å². The summed E-state index contributed by atoms with van der Waals surface area (Å²) in [5.41, 5.74) is 0. The Kier molecular flexibility index (Phi) is 8.54. The van der Waals surface area contributed by atoms with Crippen LogP contribution >= 0.6 is 0 Å². The SMILES string of the molecule is CCOC(=O)CCC(=O)N1CCN(C(C(=O)N2CCC(C)CC2)C2CCCC2)CC1. The standard InChI is InChI=1S/C23H39N3O4/c1-3-30-21(28)9-8-20(27)24-14-16-25(17-15-24)22(19-6-4-5-7-19)23(29)26-12-10-18(2)11-13-26/h18-19,22H,3-17H2,1-2H3. The Bertz CT molecular complexity index is 589. The molecule has 0 spiro atoms. The predicted molar refractivity (Wildman–Crippen MR) is 115 cm³/mol. The monoisotopic (exact) mass is 421 g/mol. The molecule has 1 unspecified atom stereocenters. The molecule has 2 amide bonds. The highest BCUT2D eigenvalue weighted by Crippen LogP contribution is 2.32. The molecule has 7 nitrogen and oxygen atoms in total. The summed E-state index contributed by atoms with van der Waals surface area (Å²) in [7, 11) is 0. The van der Waals surface area contributed by atoms with Crippen molar-refractivity contribution < 1.29 is 19.1 Å². The van der Waals surface area contributed by atoms with E-state index in [4.69, 9.17) is 4.74 Å². The Hall–Kier alpha value is -1.63. The Morgan fingerprint density at radius 2 is 1.50 bits per heavy atom. The fourth-order valence-electron chi connectivity index (χ4n) is 5.19. The first-order chi connectivity index (χ1) is 14.5. The van der Waals surface area contributed by atoms with Crippen molar-refractivity contribution in [2.24, 2.45) is 11.8 Å². The molecule has 7 heteroatoms. The molecule has 0 N–H and O–H groups in total. The highest BCUT2D eigenvalue weighted by Gasteiger charge is 2.39. The molecular weight excluding hydrogens is 382 g/mol. The molecule has 0 radical (unpaired) electrons. The van der Waals surface area contributed by atoms with E-state index in [9.17, 15) is 14.4 Å². The van der Waals surface area contributed by atoms with Gasteiger partial charge in [-0.25, -0.2) is 0 Å². The number of amides is 2. The zero-order chi connectivity index (χ0) is 21.5. The van der Waals surface area contributed by atoms with Gasteiger partial charge in [0, 0.05) is 45.7 Å². The minimum absolute atomic E-state index is 0.0106. The molecule has 0 bridgehead atoms. The lowest BCUT2D eigenvalue weighted by Gasteiger charge is -2.43. The molecule has 0 aromatic carbocycles. The van der Waals surface area contributed by atoms with Gasteiger partial charge in [-0.1, -0.05) is 19.8 Å². The minimum Gasteiger partial charge on any atom is -0.466 e. The lowest BCUT2D eigenvalue weighted by atomic mass is 9.92. The van der Waals surface area contributed by atoms with Crippen LogP contribution in [0.3, 0.4) is 0 Å². The summed E-state index contributed by atoms with van der Waals surface area (Å²) in [6.45, 7) is 8.90. The van der Waals surface area contributed by atoms with Crippen molar-refractivity contribution >= 4 is 17.8 Å². The summed E-state index contributed by atoms with van der Waals surface area (Å²) in [4.78, 5) is 43.8. The number of likely N-dealkylation sites (tertiary alicyclic amines) is 1. The van der Waals surface area contributed by atoms with Crippen molar-refractivity contribution in [3.8, 4) is 0 Å². The van der Waals surface area contributed by atoms with Crippen LogP contribution < -0.4 is 0 Å². The van der Waals surface area contributed by atoms with E-state index in [0.717, 1.165) is 51.9 Å². The molecule has 0 aromatic heterocycles. The predicted octanol–water partition coefficient (Wildman–Crippen LogP) is 2.29. The fraction of sp³-hybridized carbons (Fsp3) is 0.870. The molecule has 2 heterocycles. The van der Waals surface area contributed by atoms with Gasteiger partial charge in [0.2, 0.25) is 11.8 Å². The van der Waals surface area contributed by atoms with Crippen molar-refractivity contribution in [3.05, 3.63) is 0 Å². The van der Waals surface area contributed by atoms with E-state index in [1.54, 1.807) is 6.92 Å². The highest BCUT2D eigenvalue weighted by atomic mass is 16.5. The van der Waals surface area contributed by atoms with Gasteiger partial charge in [-0.2, -0.15) is 0 Å². The van der Waals surface area contributed by atoms with E-state index in [0.29, 0.717) is 37.4 Å². The molecule has 3 aliphatic rings. The number of piperidine rings is 1. The summed E-state index contributed by atoms with van der Waals surface area (Å²) in [5, 5.41) is 0. The second kappa shape index (κ2) is 11.1. The molecule has 1 saturated carbocycles. The molecule has 2 aliphatic heterocycles. The molecule has 3 rings (SSSR count). The number of ether oxygens (including phenoxy) is 1. The summed E-state index contributed by atoms with van der Waals surface area (Å²) >= 11 is 0. The number of carbonyl (C=O) groups is 3. The molecule has 1 aliphatic carbocycles. The quantitative estimate of drug-likeness (QED) is 0.590. The van der Waals surface area contributed by atoms with Gasteiger partial charge < -0.3 is 14.5 Å². The topological polar surface area (TPSA) is 70.2 Å². The van der Waals surface area contributed by atoms with E-state index in [1.165, 1.54) is 12.8 Å². The average Bonchev–Trinajstić information content (AvgIpc) is 3.27. The maximum atomic E-state index is 13.5. The molecule has 3 fully saturated rings. The van der Waals surface area contributed by atoms with Crippen molar-refractivity contribution in [1.29, 1.82) is 0 Å². The molecule has 2 saturated heterocycles. The van der Waals surface area contributed by atoms with E-state index in [2.05, 4.69) is 16.7 Å². The number of nitrogens with zero attached hydrogens (tertiary/aromatic N) is 3. The fourth-order valence-corrected chi connectivity index (χ4v) is 5.19. The lowest BCUT2D eigenvalue weighted by Crippen LogP contribution is -2.59. The van der Waals surface area contributed by atoms with Crippen LogP contribution in [0.2, 0.25) is 0 Å². The number of hydrogen-bond donors (Lipinski definition) is 0. The third-order valence-corrected chi connectivity index (χ3v) is 7.10. The van der Waals surface area contributed by atoms with Crippen LogP contribution in [0.15, 0.2) is 0 Å². The van der Waals surface area contributed by atoms with E-state index >= 15 is 0 Å². The maximum Gasteiger partial charge on any atom is 0.306 e. The molecular formula is C23H39N3O4. The van der Waals surface area contributed by atoms with Gasteiger partial charge in [0.05, 0.1) is 19.1 Å². The van der Waals surface area contributed by atoms with Crippen LogP contribution in [0.25, 0.3) is 0 Å². The van der Waals surface area contributed by atoms with Gasteiger partial charge in [0.1, 0.15) is 0 Å². The van der Waals surface area contributed by atoms with Gasteiger partial charge in [-0.05, 0) is 44.4 Å². The Morgan fingerprint density at radius 1 is 0.867 bits per heavy atom. The van der Waals surface area contributed by atoms with Crippen LogP contribution in [-0.2, 0) is 19.1 Å². The van der Waals surface area contributed by atoms with Crippen LogP contribution in [0.1, 0.15) is 65.2 Å².